The number of carbonyl (C=O) groups is 1. The predicted octanol–water partition coefficient (Wildman–Crippen LogP) is 2.21. The fourth-order valence-electron chi connectivity index (χ4n) is 2.51. The van der Waals surface area contributed by atoms with E-state index in [2.05, 4.69) is 5.48 Å². The van der Waals surface area contributed by atoms with Gasteiger partial charge >= 0.3 is 6.16 Å². The summed E-state index contributed by atoms with van der Waals surface area (Å²) in [6.07, 6.45) is -0.0692. The van der Waals surface area contributed by atoms with Crippen molar-refractivity contribution in [3.05, 3.63) is 35.9 Å². The molecule has 21 heavy (non-hydrogen) atoms. The second-order valence-corrected chi connectivity index (χ2v) is 5.09. The molecule has 1 aliphatic rings. The molecule has 1 aromatic rings. The van der Waals surface area contributed by atoms with Gasteiger partial charge in [0.15, 0.2) is 6.23 Å². The van der Waals surface area contributed by atoms with E-state index in [0.717, 1.165) is 18.5 Å². The SMILES string of the molecule is CCN1CC(NOCc2ccccc2)CC[C@@H]1OC(=O)O. The smallest absolute Gasteiger partial charge is 0.450 e. The minimum Gasteiger partial charge on any atom is -0.450 e. The number of hydroxylamine groups is 1. The van der Waals surface area contributed by atoms with E-state index >= 15 is 0 Å². The molecule has 1 aliphatic heterocycles. The Morgan fingerprint density at radius 1 is 1.38 bits per heavy atom. The molecule has 2 rings (SSSR count). The molecule has 0 bridgehead atoms. The minimum atomic E-state index is -1.22. The van der Waals surface area contributed by atoms with Crippen molar-refractivity contribution < 1.29 is 19.5 Å². The zero-order chi connectivity index (χ0) is 15.1. The van der Waals surface area contributed by atoms with Gasteiger partial charge in [-0.25, -0.2) is 4.79 Å². The van der Waals surface area contributed by atoms with E-state index in [-0.39, 0.29) is 12.3 Å². The molecule has 1 unspecified atom stereocenters. The summed E-state index contributed by atoms with van der Waals surface area (Å²) in [5.41, 5.74) is 4.17. The van der Waals surface area contributed by atoms with Crippen LogP contribution >= 0.6 is 0 Å². The van der Waals surface area contributed by atoms with Crippen LogP contribution in [0.5, 0.6) is 0 Å². The largest absolute Gasteiger partial charge is 0.507 e. The van der Waals surface area contributed by atoms with Gasteiger partial charge in [0.1, 0.15) is 0 Å². The summed E-state index contributed by atoms with van der Waals surface area (Å²) in [5, 5.41) is 8.72. The lowest BCUT2D eigenvalue weighted by atomic mass is 10.1. The summed E-state index contributed by atoms with van der Waals surface area (Å²) < 4.78 is 4.89. The van der Waals surface area contributed by atoms with Crippen molar-refractivity contribution in [2.24, 2.45) is 0 Å². The molecule has 0 saturated carbocycles. The first kappa shape index (κ1) is 15.8. The first-order chi connectivity index (χ1) is 10.2. The minimum absolute atomic E-state index is 0.183. The van der Waals surface area contributed by atoms with Gasteiger partial charge in [-0.15, -0.1) is 0 Å². The van der Waals surface area contributed by atoms with Gasteiger partial charge in [-0.1, -0.05) is 37.3 Å². The Labute approximate surface area is 124 Å². The van der Waals surface area contributed by atoms with Crippen LogP contribution in [0, 0.1) is 0 Å². The van der Waals surface area contributed by atoms with E-state index in [0.29, 0.717) is 19.6 Å². The second-order valence-electron chi connectivity index (χ2n) is 5.09. The average molecular weight is 294 g/mol. The van der Waals surface area contributed by atoms with Crippen molar-refractivity contribution in [3.8, 4) is 0 Å². The molecule has 1 heterocycles. The molecule has 2 N–H and O–H groups in total. The summed E-state index contributed by atoms with van der Waals surface area (Å²) in [5.74, 6) is 0. The lowest BCUT2D eigenvalue weighted by Crippen LogP contribution is -2.51. The van der Waals surface area contributed by atoms with Gasteiger partial charge in [0.25, 0.3) is 0 Å². The van der Waals surface area contributed by atoms with E-state index in [1.165, 1.54) is 0 Å². The second kappa shape index (κ2) is 7.97. The van der Waals surface area contributed by atoms with E-state index in [4.69, 9.17) is 14.7 Å². The molecule has 2 atom stereocenters. The summed E-state index contributed by atoms with van der Waals surface area (Å²) in [6, 6.07) is 10.1. The zero-order valence-electron chi connectivity index (χ0n) is 12.2. The highest BCUT2D eigenvalue weighted by atomic mass is 16.7. The number of nitrogens with one attached hydrogen (secondary N) is 1. The van der Waals surface area contributed by atoms with E-state index < -0.39 is 6.16 Å². The van der Waals surface area contributed by atoms with E-state index in [9.17, 15) is 4.79 Å². The lowest BCUT2D eigenvalue weighted by Gasteiger charge is -2.37. The quantitative estimate of drug-likeness (QED) is 0.619. The average Bonchev–Trinajstić information content (AvgIpc) is 2.49. The Morgan fingerprint density at radius 2 is 2.14 bits per heavy atom. The van der Waals surface area contributed by atoms with Gasteiger partial charge in [0.05, 0.1) is 6.61 Å². The highest BCUT2D eigenvalue weighted by molar-refractivity contribution is 5.57. The molecule has 1 aromatic carbocycles. The molecule has 1 saturated heterocycles. The van der Waals surface area contributed by atoms with Crippen LogP contribution in [0.3, 0.4) is 0 Å². The molecular formula is C15H22N2O4. The van der Waals surface area contributed by atoms with Crippen LogP contribution < -0.4 is 5.48 Å². The van der Waals surface area contributed by atoms with Crippen molar-refractivity contribution >= 4 is 6.16 Å². The Balaban J connectivity index is 1.74. The van der Waals surface area contributed by atoms with Crippen LogP contribution in [0.25, 0.3) is 0 Å². The maximum atomic E-state index is 10.7. The van der Waals surface area contributed by atoms with Crippen LogP contribution in [-0.2, 0) is 16.2 Å². The fourth-order valence-corrected chi connectivity index (χ4v) is 2.51. The van der Waals surface area contributed by atoms with Crippen molar-refractivity contribution in [2.75, 3.05) is 13.1 Å². The Bertz CT molecular complexity index is 441. The van der Waals surface area contributed by atoms with Gasteiger partial charge in [-0.2, -0.15) is 5.48 Å². The van der Waals surface area contributed by atoms with Crippen LogP contribution in [0.1, 0.15) is 25.3 Å². The number of benzene rings is 1. The molecule has 0 spiro atoms. The number of nitrogens with zero attached hydrogens (tertiary/aromatic N) is 1. The number of hydrogen-bond acceptors (Lipinski definition) is 5. The van der Waals surface area contributed by atoms with Crippen molar-refractivity contribution in [3.63, 3.8) is 0 Å². The molecule has 0 amide bonds. The normalized spacial score (nSPS) is 22.9. The summed E-state index contributed by atoms with van der Waals surface area (Å²) in [6.45, 7) is 3.96. The van der Waals surface area contributed by atoms with Crippen molar-refractivity contribution in [1.29, 1.82) is 0 Å². The van der Waals surface area contributed by atoms with Gasteiger partial charge < -0.3 is 9.84 Å². The third kappa shape index (κ3) is 5.00. The third-order valence-electron chi connectivity index (χ3n) is 3.60. The van der Waals surface area contributed by atoms with Gasteiger partial charge in [0, 0.05) is 19.0 Å². The molecule has 0 aliphatic carbocycles. The number of piperidine rings is 1. The zero-order valence-corrected chi connectivity index (χ0v) is 12.2. The van der Waals surface area contributed by atoms with E-state index in [1.807, 2.05) is 42.2 Å². The number of rotatable bonds is 6. The summed E-state index contributed by atoms with van der Waals surface area (Å²) in [4.78, 5) is 18.2. The predicted molar refractivity (Wildman–Crippen MR) is 77.5 cm³/mol. The van der Waals surface area contributed by atoms with Gasteiger partial charge in [-0.3, -0.25) is 9.74 Å². The number of likely N-dealkylation sites (N-methyl/N-ethyl adjacent to an activating group) is 1. The Kier molecular flexibility index (Phi) is 5.98. The van der Waals surface area contributed by atoms with E-state index in [1.54, 1.807) is 0 Å². The number of hydrogen-bond donors (Lipinski definition) is 2. The maximum Gasteiger partial charge on any atom is 0.507 e. The third-order valence-corrected chi connectivity index (χ3v) is 3.60. The Morgan fingerprint density at radius 3 is 2.81 bits per heavy atom. The van der Waals surface area contributed by atoms with Crippen LogP contribution in [0.2, 0.25) is 0 Å². The first-order valence-electron chi connectivity index (χ1n) is 7.24. The number of ether oxygens (including phenoxy) is 1. The first-order valence-corrected chi connectivity index (χ1v) is 7.24. The molecule has 6 nitrogen and oxygen atoms in total. The molecule has 1 fully saturated rings. The van der Waals surface area contributed by atoms with Gasteiger partial charge in [0.2, 0.25) is 0 Å². The molecule has 0 aromatic heterocycles. The molecule has 0 radical (unpaired) electrons. The highest BCUT2D eigenvalue weighted by Crippen LogP contribution is 2.18. The molecular weight excluding hydrogens is 272 g/mol. The standard InChI is InChI=1S/C15H22N2O4/c1-2-17-10-13(8-9-14(17)21-15(18)19)16-20-11-12-6-4-3-5-7-12/h3-7,13-14,16H,2,8-11H2,1H3,(H,18,19)/t13?,14-/m0/s1. The fraction of sp³-hybridized carbons (Fsp3) is 0.533. The van der Waals surface area contributed by atoms with Gasteiger partial charge in [-0.05, 0) is 18.5 Å². The summed E-state index contributed by atoms with van der Waals surface area (Å²) >= 11 is 0. The topological polar surface area (TPSA) is 71.0 Å². The number of carboxylic acid groups (broad SMARTS) is 1. The van der Waals surface area contributed by atoms with Crippen LogP contribution in [-0.4, -0.2) is 41.5 Å². The van der Waals surface area contributed by atoms with Crippen LogP contribution in [0.15, 0.2) is 30.3 Å². The maximum absolute atomic E-state index is 10.7. The summed E-state index contributed by atoms with van der Waals surface area (Å²) in [7, 11) is 0. The molecule has 6 heteroatoms. The van der Waals surface area contributed by atoms with Crippen molar-refractivity contribution in [2.45, 2.75) is 38.6 Å². The monoisotopic (exact) mass is 294 g/mol. The Hall–Kier alpha value is -1.63. The lowest BCUT2D eigenvalue weighted by molar-refractivity contribution is -0.0836. The highest BCUT2D eigenvalue weighted by Gasteiger charge is 2.29. The number of likely N-dealkylation sites (tertiary alicyclic amines) is 1. The van der Waals surface area contributed by atoms with Crippen molar-refractivity contribution in [1.82, 2.24) is 10.4 Å². The van der Waals surface area contributed by atoms with Crippen LogP contribution in [0.4, 0.5) is 4.79 Å². The molecule has 116 valence electrons.